The topological polar surface area (TPSA) is 34.1 Å². The van der Waals surface area contributed by atoms with Gasteiger partial charge in [0.15, 0.2) is 0 Å². The molecular weight excluding hydrogens is 272 g/mol. The number of ether oxygens (including phenoxy) is 1. The lowest BCUT2D eigenvalue weighted by molar-refractivity contribution is 0.309. The summed E-state index contributed by atoms with van der Waals surface area (Å²) in [4.78, 5) is 4.08. The SMILES string of the molecule is Cc1cc(Cl)cc(C)c1OCCNCc1cccnc1. The van der Waals surface area contributed by atoms with Crippen LogP contribution >= 0.6 is 11.6 Å². The lowest BCUT2D eigenvalue weighted by Gasteiger charge is -2.13. The first-order valence-electron chi connectivity index (χ1n) is 6.66. The predicted molar refractivity (Wildman–Crippen MR) is 82.4 cm³/mol. The van der Waals surface area contributed by atoms with E-state index in [1.54, 1.807) is 6.20 Å². The first kappa shape index (κ1) is 14.8. The summed E-state index contributed by atoms with van der Waals surface area (Å²) in [7, 11) is 0. The van der Waals surface area contributed by atoms with Gasteiger partial charge in [0.1, 0.15) is 12.4 Å². The Kier molecular flexibility index (Phi) is 5.39. The summed E-state index contributed by atoms with van der Waals surface area (Å²) in [6, 6.07) is 7.84. The minimum Gasteiger partial charge on any atom is -0.492 e. The highest BCUT2D eigenvalue weighted by Crippen LogP contribution is 2.26. The maximum atomic E-state index is 6.00. The van der Waals surface area contributed by atoms with E-state index >= 15 is 0 Å². The summed E-state index contributed by atoms with van der Waals surface area (Å²) >= 11 is 6.00. The molecule has 3 nitrogen and oxygen atoms in total. The monoisotopic (exact) mass is 290 g/mol. The molecule has 0 aliphatic heterocycles. The van der Waals surface area contributed by atoms with E-state index in [4.69, 9.17) is 16.3 Å². The van der Waals surface area contributed by atoms with Gasteiger partial charge in [-0.3, -0.25) is 4.98 Å². The van der Waals surface area contributed by atoms with Gasteiger partial charge in [-0.25, -0.2) is 0 Å². The van der Waals surface area contributed by atoms with E-state index in [9.17, 15) is 0 Å². The van der Waals surface area contributed by atoms with E-state index in [1.807, 2.05) is 44.3 Å². The second kappa shape index (κ2) is 7.27. The average Bonchev–Trinajstić information content (AvgIpc) is 2.42. The lowest BCUT2D eigenvalue weighted by atomic mass is 10.1. The Morgan fingerprint density at radius 2 is 2.00 bits per heavy atom. The molecule has 0 saturated heterocycles. The summed E-state index contributed by atoms with van der Waals surface area (Å²) in [6.07, 6.45) is 3.64. The second-order valence-electron chi connectivity index (χ2n) is 4.76. The van der Waals surface area contributed by atoms with E-state index in [1.165, 1.54) is 5.56 Å². The highest BCUT2D eigenvalue weighted by molar-refractivity contribution is 6.30. The van der Waals surface area contributed by atoms with E-state index in [2.05, 4.69) is 10.3 Å². The fraction of sp³-hybridized carbons (Fsp3) is 0.312. The summed E-state index contributed by atoms with van der Waals surface area (Å²) in [5, 5.41) is 4.08. The van der Waals surface area contributed by atoms with Crippen LogP contribution in [0.5, 0.6) is 5.75 Å². The standard InChI is InChI=1S/C16H19ClN2O/c1-12-8-15(17)9-13(2)16(12)20-7-6-19-11-14-4-3-5-18-10-14/h3-5,8-10,19H,6-7,11H2,1-2H3. The molecule has 0 unspecified atom stereocenters. The van der Waals surface area contributed by atoms with Crippen LogP contribution in [0.15, 0.2) is 36.7 Å². The van der Waals surface area contributed by atoms with E-state index < -0.39 is 0 Å². The van der Waals surface area contributed by atoms with Crippen molar-refractivity contribution in [2.75, 3.05) is 13.2 Å². The molecule has 2 rings (SSSR count). The van der Waals surface area contributed by atoms with Gasteiger partial charge in [-0.05, 0) is 48.7 Å². The Balaban J connectivity index is 1.76. The van der Waals surface area contributed by atoms with Crippen molar-refractivity contribution in [1.29, 1.82) is 0 Å². The van der Waals surface area contributed by atoms with Gasteiger partial charge in [0.2, 0.25) is 0 Å². The van der Waals surface area contributed by atoms with Crippen LogP contribution in [0.3, 0.4) is 0 Å². The van der Waals surface area contributed by atoms with Crippen molar-refractivity contribution in [1.82, 2.24) is 10.3 Å². The molecule has 2 aromatic rings. The van der Waals surface area contributed by atoms with Gasteiger partial charge in [0.25, 0.3) is 0 Å². The fourth-order valence-electron chi connectivity index (χ4n) is 2.09. The molecule has 1 aromatic heterocycles. The zero-order chi connectivity index (χ0) is 14.4. The molecule has 4 heteroatoms. The van der Waals surface area contributed by atoms with Crippen molar-refractivity contribution in [3.63, 3.8) is 0 Å². The number of pyridine rings is 1. The van der Waals surface area contributed by atoms with E-state index in [0.29, 0.717) is 6.61 Å². The number of halogens is 1. The van der Waals surface area contributed by atoms with Crippen LogP contribution in [0.4, 0.5) is 0 Å². The molecule has 0 saturated carbocycles. The van der Waals surface area contributed by atoms with Gasteiger partial charge in [0.05, 0.1) is 0 Å². The summed E-state index contributed by atoms with van der Waals surface area (Å²) in [5.74, 6) is 0.928. The minimum absolute atomic E-state index is 0.629. The van der Waals surface area contributed by atoms with Crippen molar-refractivity contribution in [2.24, 2.45) is 0 Å². The molecule has 0 aliphatic rings. The van der Waals surface area contributed by atoms with Crippen LogP contribution in [0.1, 0.15) is 16.7 Å². The Hall–Kier alpha value is -1.58. The predicted octanol–water partition coefficient (Wildman–Crippen LogP) is 3.52. The molecule has 0 fully saturated rings. The fourth-order valence-corrected chi connectivity index (χ4v) is 2.41. The Bertz CT molecular complexity index is 535. The van der Waals surface area contributed by atoms with Crippen LogP contribution < -0.4 is 10.1 Å². The molecule has 0 aliphatic carbocycles. The lowest BCUT2D eigenvalue weighted by Crippen LogP contribution is -2.21. The molecular formula is C16H19ClN2O. The Labute approximate surface area is 124 Å². The zero-order valence-electron chi connectivity index (χ0n) is 11.8. The van der Waals surface area contributed by atoms with Crippen LogP contribution in [0, 0.1) is 13.8 Å². The summed E-state index contributed by atoms with van der Waals surface area (Å²) < 4.78 is 5.82. The third-order valence-corrected chi connectivity index (χ3v) is 3.22. The highest BCUT2D eigenvalue weighted by atomic mass is 35.5. The molecule has 20 heavy (non-hydrogen) atoms. The van der Waals surface area contributed by atoms with Crippen molar-refractivity contribution >= 4 is 11.6 Å². The van der Waals surface area contributed by atoms with Crippen molar-refractivity contribution in [2.45, 2.75) is 20.4 Å². The number of aromatic nitrogens is 1. The van der Waals surface area contributed by atoms with Crippen molar-refractivity contribution in [3.05, 3.63) is 58.4 Å². The second-order valence-corrected chi connectivity index (χ2v) is 5.19. The van der Waals surface area contributed by atoms with Gasteiger partial charge in [-0.15, -0.1) is 0 Å². The van der Waals surface area contributed by atoms with Gasteiger partial charge >= 0.3 is 0 Å². The smallest absolute Gasteiger partial charge is 0.125 e. The number of nitrogens with one attached hydrogen (secondary N) is 1. The molecule has 0 atom stereocenters. The number of nitrogens with zero attached hydrogens (tertiary/aromatic N) is 1. The number of rotatable bonds is 6. The van der Waals surface area contributed by atoms with Gasteiger partial charge in [-0.1, -0.05) is 17.7 Å². The highest BCUT2D eigenvalue weighted by Gasteiger charge is 2.05. The average molecular weight is 291 g/mol. The molecule has 1 heterocycles. The van der Waals surface area contributed by atoms with Crippen LogP contribution in [-0.2, 0) is 6.54 Å². The third-order valence-electron chi connectivity index (χ3n) is 3.00. The molecule has 0 amide bonds. The van der Waals surface area contributed by atoms with Crippen molar-refractivity contribution in [3.8, 4) is 5.75 Å². The van der Waals surface area contributed by atoms with Crippen LogP contribution in [0.2, 0.25) is 5.02 Å². The zero-order valence-corrected chi connectivity index (χ0v) is 12.6. The van der Waals surface area contributed by atoms with Crippen LogP contribution in [0.25, 0.3) is 0 Å². The quantitative estimate of drug-likeness (QED) is 0.827. The molecule has 1 aromatic carbocycles. The molecule has 106 valence electrons. The Morgan fingerprint density at radius 3 is 2.65 bits per heavy atom. The van der Waals surface area contributed by atoms with E-state index in [-0.39, 0.29) is 0 Å². The Morgan fingerprint density at radius 1 is 1.25 bits per heavy atom. The van der Waals surface area contributed by atoms with Gasteiger partial charge in [-0.2, -0.15) is 0 Å². The summed E-state index contributed by atoms with van der Waals surface area (Å²) in [6.45, 7) is 6.24. The normalized spacial score (nSPS) is 10.6. The molecule has 0 spiro atoms. The van der Waals surface area contributed by atoms with E-state index in [0.717, 1.165) is 35.0 Å². The maximum Gasteiger partial charge on any atom is 0.125 e. The number of aryl methyl sites for hydroxylation is 2. The molecule has 0 radical (unpaired) electrons. The third kappa shape index (κ3) is 4.22. The minimum atomic E-state index is 0.629. The largest absolute Gasteiger partial charge is 0.492 e. The first-order valence-corrected chi connectivity index (χ1v) is 7.04. The van der Waals surface area contributed by atoms with Crippen molar-refractivity contribution < 1.29 is 4.74 Å². The molecule has 1 N–H and O–H groups in total. The van der Waals surface area contributed by atoms with Crippen LogP contribution in [-0.4, -0.2) is 18.1 Å². The van der Waals surface area contributed by atoms with Gasteiger partial charge in [0, 0.05) is 30.5 Å². The summed E-state index contributed by atoms with van der Waals surface area (Å²) in [5.41, 5.74) is 3.32. The maximum absolute atomic E-state index is 6.00. The number of hydrogen-bond donors (Lipinski definition) is 1. The number of hydrogen-bond acceptors (Lipinski definition) is 3. The number of benzene rings is 1. The van der Waals surface area contributed by atoms with Gasteiger partial charge < -0.3 is 10.1 Å². The molecule has 0 bridgehead atoms. The first-order chi connectivity index (χ1) is 9.66.